The Hall–Kier alpha value is -3.15. The number of nitrogens with one attached hydrogen (secondary N) is 1. The zero-order valence-electron chi connectivity index (χ0n) is 14.6. The molecule has 3 aromatic rings. The van der Waals surface area contributed by atoms with E-state index in [1.165, 1.54) is 12.1 Å². The molecule has 2 aromatic carbocycles. The molecular formula is C20H20FN3O2. The Kier molecular flexibility index (Phi) is 5.31. The first kappa shape index (κ1) is 17.7. The van der Waals surface area contributed by atoms with Crippen LogP contribution in [0.4, 0.5) is 4.39 Å². The van der Waals surface area contributed by atoms with Crippen LogP contribution in [0.3, 0.4) is 0 Å². The largest absolute Gasteiger partial charge is 0.484 e. The Morgan fingerprint density at radius 2 is 2.08 bits per heavy atom. The smallest absolute Gasteiger partial charge is 0.258 e. The summed E-state index contributed by atoms with van der Waals surface area (Å²) in [5.74, 6) is 0.583. The van der Waals surface area contributed by atoms with Gasteiger partial charge in [0.05, 0.1) is 0 Å². The van der Waals surface area contributed by atoms with Crippen molar-refractivity contribution in [3.8, 4) is 5.75 Å². The second-order valence-electron chi connectivity index (χ2n) is 6.01. The molecule has 0 aliphatic carbocycles. The first-order valence-corrected chi connectivity index (χ1v) is 8.25. The lowest BCUT2D eigenvalue weighted by molar-refractivity contribution is -0.123. The van der Waals surface area contributed by atoms with Crippen LogP contribution >= 0.6 is 0 Å². The van der Waals surface area contributed by atoms with Gasteiger partial charge in [-0.05, 0) is 36.2 Å². The second kappa shape index (κ2) is 7.82. The number of carbonyl (C=O) groups is 1. The van der Waals surface area contributed by atoms with Crippen LogP contribution in [-0.4, -0.2) is 22.1 Å². The Balaban J connectivity index is 1.76. The van der Waals surface area contributed by atoms with Crippen molar-refractivity contribution >= 4 is 5.91 Å². The van der Waals surface area contributed by atoms with E-state index in [0.717, 1.165) is 5.56 Å². The number of nitrogens with zero attached hydrogens (tertiary/aromatic N) is 2. The Morgan fingerprint density at radius 1 is 1.27 bits per heavy atom. The lowest BCUT2D eigenvalue weighted by Gasteiger charge is -2.19. The van der Waals surface area contributed by atoms with Crippen molar-refractivity contribution in [3.63, 3.8) is 0 Å². The molecule has 1 N–H and O–H groups in total. The molecule has 0 saturated carbocycles. The number of imidazole rings is 1. The van der Waals surface area contributed by atoms with Gasteiger partial charge in [0.25, 0.3) is 5.91 Å². The highest BCUT2D eigenvalue weighted by molar-refractivity contribution is 5.78. The van der Waals surface area contributed by atoms with E-state index in [1.54, 1.807) is 29.1 Å². The summed E-state index contributed by atoms with van der Waals surface area (Å²) in [6, 6.07) is 13.0. The molecule has 0 saturated heterocycles. The molecule has 5 nitrogen and oxygen atoms in total. The zero-order valence-corrected chi connectivity index (χ0v) is 14.6. The molecule has 6 heteroatoms. The molecule has 3 rings (SSSR count). The molecule has 1 amide bonds. The molecule has 134 valence electrons. The average Bonchev–Trinajstić information content (AvgIpc) is 3.05. The summed E-state index contributed by atoms with van der Waals surface area (Å²) in [7, 11) is 1.82. The van der Waals surface area contributed by atoms with Gasteiger partial charge in [0.15, 0.2) is 6.61 Å². The average molecular weight is 353 g/mol. The summed E-state index contributed by atoms with van der Waals surface area (Å²) < 4.78 is 21.0. The molecule has 0 radical (unpaired) electrons. The van der Waals surface area contributed by atoms with Gasteiger partial charge in [-0.3, -0.25) is 4.79 Å². The lowest BCUT2D eigenvalue weighted by Crippen LogP contribution is -2.34. The number of hydrogen-bond acceptors (Lipinski definition) is 3. The van der Waals surface area contributed by atoms with Crippen molar-refractivity contribution in [3.05, 3.63) is 83.7 Å². The van der Waals surface area contributed by atoms with Gasteiger partial charge < -0.3 is 14.6 Å². The minimum absolute atomic E-state index is 0.138. The number of para-hydroxylation sites is 1. The van der Waals surface area contributed by atoms with Gasteiger partial charge in [-0.25, -0.2) is 9.37 Å². The number of aromatic nitrogens is 2. The van der Waals surface area contributed by atoms with Gasteiger partial charge in [-0.15, -0.1) is 0 Å². The first-order chi connectivity index (χ1) is 12.5. The standard InChI is InChI=1S/C20H20FN3O2/c1-14-6-3-4-9-17(14)26-13-18(25)23-19(20-22-10-11-24(20)2)15-7-5-8-16(21)12-15/h3-12,19H,13H2,1-2H3,(H,23,25)/t19-/m1/s1. The Labute approximate surface area is 151 Å². The molecule has 1 atom stereocenters. The quantitative estimate of drug-likeness (QED) is 0.741. The highest BCUT2D eigenvalue weighted by Crippen LogP contribution is 2.21. The van der Waals surface area contributed by atoms with E-state index in [9.17, 15) is 9.18 Å². The van der Waals surface area contributed by atoms with Crippen molar-refractivity contribution in [1.29, 1.82) is 0 Å². The molecule has 0 aliphatic heterocycles. The van der Waals surface area contributed by atoms with Crippen molar-refractivity contribution in [2.45, 2.75) is 13.0 Å². The zero-order chi connectivity index (χ0) is 18.5. The van der Waals surface area contributed by atoms with E-state index in [2.05, 4.69) is 10.3 Å². The van der Waals surface area contributed by atoms with Crippen molar-refractivity contribution in [2.24, 2.45) is 7.05 Å². The van der Waals surface area contributed by atoms with Crippen LogP contribution in [-0.2, 0) is 11.8 Å². The third-order valence-corrected chi connectivity index (χ3v) is 4.06. The van der Waals surface area contributed by atoms with Crippen LogP contribution in [0.2, 0.25) is 0 Å². The van der Waals surface area contributed by atoms with Crippen LogP contribution in [0.15, 0.2) is 60.9 Å². The normalized spacial score (nSPS) is 11.8. The summed E-state index contributed by atoms with van der Waals surface area (Å²) in [4.78, 5) is 16.7. The molecule has 0 spiro atoms. The number of amides is 1. The third-order valence-electron chi connectivity index (χ3n) is 4.06. The molecular weight excluding hydrogens is 333 g/mol. The van der Waals surface area contributed by atoms with Gasteiger partial charge in [-0.2, -0.15) is 0 Å². The second-order valence-corrected chi connectivity index (χ2v) is 6.01. The summed E-state index contributed by atoms with van der Waals surface area (Å²) in [6.45, 7) is 1.78. The molecule has 0 bridgehead atoms. The Bertz CT molecular complexity index is 907. The maximum atomic E-state index is 13.7. The molecule has 1 heterocycles. The molecule has 0 aliphatic rings. The van der Waals surface area contributed by atoms with Gasteiger partial charge in [0, 0.05) is 19.4 Å². The fourth-order valence-electron chi connectivity index (χ4n) is 2.70. The Morgan fingerprint density at radius 3 is 2.77 bits per heavy atom. The van der Waals surface area contributed by atoms with E-state index < -0.39 is 6.04 Å². The number of rotatable bonds is 6. The molecule has 26 heavy (non-hydrogen) atoms. The number of hydrogen-bond donors (Lipinski definition) is 1. The number of carbonyl (C=O) groups excluding carboxylic acids is 1. The van der Waals surface area contributed by atoms with Crippen LogP contribution in [0.1, 0.15) is 23.0 Å². The van der Waals surface area contributed by atoms with Crippen molar-refractivity contribution < 1.29 is 13.9 Å². The minimum Gasteiger partial charge on any atom is -0.484 e. The number of ether oxygens (including phenoxy) is 1. The van der Waals surface area contributed by atoms with E-state index in [4.69, 9.17) is 4.74 Å². The number of aryl methyl sites for hydroxylation is 2. The van der Waals surface area contributed by atoms with Crippen LogP contribution in [0.5, 0.6) is 5.75 Å². The molecule has 0 unspecified atom stereocenters. The number of benzene rings is 2. The van der Waals surface area contributed by atoms with Gasteiger partial charge in [0.2, 0.25) is 0 Å². The fraction of sp³-hybridized carbons (Fsp3) is 0.200. The van der Waals surface area contributed by atoms with Crippen LogP contribution in [0.25, 0.3) is 0 Å². The summed E-state index contributed by atoms with van der Waals surface area (Å²) in [5.41, 5.74) is 1.56. The minimum atomic E-state index is -0.571. The molecule has 0 fully saturated rings. The van der Waals surface area contributed by atoms with E-state index >= 15 is 0 Å². The van der Waals surface area contributed by atoms with E-state index in [-0.39, 0.29) is 18.3 Å². The monoisotopic (exact) mass is 353 g/mol. The predicted molar refractivity (Wildman–Crippen MR) is 96.3 cm³/mol. The highest BCUT2D eigenvalue weighted by Gasteiger charge is 2.21. The van der Waals surface area contributed by atoms with Crippen LogP contribution < -0.4 is 10.1 Å². The van der Waals surface area contributed by atoms with Crippen molar-refractivity contribution in [1.82, 2.24) is 14.9 Å². The lowest BCUT2D eigenvalue weighted by atomic mass is 10.1. The van der Waals surface area contributed by atoms with E-state index in [0.29, 0.717) is 17.1 Å². The SMILES string of the molecule is Cc1ccccc1OCC(=O)N[C@H](c1cccc(F)c1)c1nccn1C. The molecule has 1 aromatic heterocycles. The van der Waals surface area contributed by atoms with Gasteiger partial charge in [-0.1, -0.05) is 30.3 Å². The highest BCUT2D eigenvalue weighted by atomic mass is 19.1. The summed E-state index contributed by atoms with van der Waals surface area (Å²) in [6.07, 6.45) is 3.41. The predicted octanol–water partition coefficient (Wildman–Crippen LogP) is 3.15. The van der Waals surface area contributed by atoms with E-state index in [1.807, 2.05) is 38.2 Å². The maximum absolute atomic E-state index is 13.7. The van der Waals surface area contributed by atoms with Crippen LogP contribution in [0, 0.1) is 12.7 Å². The van der Waals surface area contributed by atoms with Gasteiger partial charge >= 0.3 is 0 Å². The summed E-state index contributed by atoms with van der Waals surface area (Å²) >= 11 is 0. The van der Waals surface area contributed by atoms with Crippen molar-refractivity contribution in [2.75, 3.05) is 6.61 Å². The topological polar surface area (TPSA) is 56.1 Å². The number of halogens is 1. The maximum Gasteiger partial charge on any atom is 0.258 e. The summed E-state index contributed by atoms with van der Waals surface area (Å²) in [5, 5.41) is 2.88. The third kappa shape index (κ3) is 4.08. The van der Waals surface area contributed by atoms with Gasteiger partial charge in [0.1, 0.15) is 23.4 Å². The fourth-order valence-corrected chi connectivity index (χ4v) is 2.70. The first-order valence-electron chi connectivity index (χ1n) is 8.25.